The van der Waals surface area contributed by atoms with E-state index >= 15 is 0 Å². The second-order valence-electron chi connectivity index (χ2n) is 5.35. The molecule has 2 heterocycles. The molecule has 1 saturated heterocycles. The number of hydrogen-bond donors (Lipinski definition) is 1. The van der Waals surface area contributed by atoms with Crippen molar-refractivity contribution in [1.82, 2.24) is 20.0 Å². The minimum atomic E-state index is 0.921. The molecule has 102 valence electrons. The lowest BCUT2D eigenvalue weighted by atomic mass is 9.94. The van der Waals surface area contributed by atoms with Gasteiger partial charge in [-0.25, -0.2) is 0 Å². The van der Waals surface area contributed by atoms with E-state index < -0.39 is 0 Å². The van der Waals surface area contributed by atoms with Gasteiger partial charge in [0.1, 0.15) is 0 Å². The molecule has 18 heavy (non-hydrogen) atoms. The predicted octanol–water partition coefficient (Wildman–Crippen LogP) is 1.72. The van der Waals surface area contributed by atoms with Crippen LogP contribution in [0, 0.1) is 5.92 Å². The Morgan fingerprint density at radius 2 is 2.17 bits per heavy atom. The quantitative estimate of drug-likeness (QED) is 0.781. The molecule has 0 aliphatic carbocycles. The van der Waals surface area contributed by atoms with Gasteiger partial charge in [-0.05, 0) is 64.9 Å². The fourth-order valence-electron chi connectivity index (χ4n) is 2.67. The van der Waals surface area contributed by atoms with Crippen molar-refractivity contribution in [3.63, 3.8) is 0 Å². The first-order valence-electron chi connectivity index (χ1n) is 7.19. The maximum atomic E-state index is 4.28. The first-order chi connectivity index (χ1) is 8.79. The highest BCUT2D eigenvalue weighted by Gasteiger charge is 2.15. The maximum Gasteiger partial charge on any atom is 0.0521 e. The van der Waals surface area contributed by atoms with Gasteiger partial charge in [-0.3, -0.25) is 4.68 Å². The third kappa shape index (κ3) is 3.82. The summed E-state index contributed by atoms with van der Waals surface area (Å²) in [6, 6.07) is 2.10. The van der Waals surface area contributed by atoms with Crippen LogP contribution in [0.3, 0.4) is 0 Å². The molecule has 1 aromatic rings. The topological polar surface area (TPSA) is 33.1 Å². The van der Waals surface area contributed by atoms with Crippen LogP contribution in [0.25, 0.3) is 0 Å². The second kappa shape index (κ2) is 6.90. The number of hydrogen-bond acceptors (Lipinski definition) is 3. The summed E-state index contributed by atoms with van der Waals surface area (Å²) >= 11 is 0. The summed E-state index contributed by atoms with van der Waals surface area (Å²) in [7, 11) is 2.22. The summed E-state index contributed by atoms with van der Waals surface area (Å²) in [5, 5.41) is 7.83. The minimum Gasteiger partial charge on any atom is -0.311 e. The van der Waals surface area contributed by atoms with Gasteiger partial charge in [-0.15, -0.1) is 0 Å². The van der Waals surface area contributed by atoms with Gasteiger partial charge in [0.15, 0.2) is 0 Å². The zero-order chi connectivity index (χ0) is 12.8. The van der Waals surface area contributed by atoms with E-state index in [0.717, 1.165) is 25.6 Å². The van der Waals surface area contributed by atoms with Crippen LogP contribution in [0.15, 0.2) is 12.3 Å². The first-order valence-corrected chi connectivity index (χ1v) is 7.19. The molecule has 1 aliphatic rings. The molecule has 1 fully saturated rings. The molecule has 0 aromatic carbocycles. The predicted molar refractivity (Wildman–Crippen MR) is 74.4 cm³/mol. The zero-order valence-corrected chi connectivity index (χ0v) is 11.7. The lowest BCUT2D eigenvalue weighted by Crippen LogP contribution is -2.31. The van der Waals surface area contributed by atoms with Crippen molar-refractivity contribution in [2.75, 3.05) is 26.7 Å². The standard InChI is InChI=1S/C14H26N4/c1-3-18-14(5-9-16-18)12-15-8-4-13-6-10-17(2)11-7-13/h5,9,13,15H,3-4,6-8,10-12H2,1-2H3. The molecule has 0 spiro atoms. The molecule has 0 amide bonds. The Balaban J connectivity index is 1.61. The van der Waals surface area contributed by atoms with Crippen molar-refractivity contribution in [2.24, 2.45) is 5.92 Å². The van der Waals surface area contributed by atoms with Crippen molar-refractivity contribution in [3.05, 3.63) is 18.0 Å². The lowest BCUT2D eigenvalue weighted by Gasteiger charge is -2.28. The average Bonchev–Trinajstić information content (AvgIpc) is 2.84. The Morgan fingerprint density at radius 3 is 2.89 bits per heavy atom. The van der Waals surface area contributed by atoms with Crippen molar-refractivity contribution in [3.8, 4) is 0 Å². The van der Waals surface area contributed by atoms with Crippen molar-refractivity contribution >= 4 is 0 Å². The van der Waals surface area contributed by atoms with Crippen molar-refractivity contribution in [1.29, 1.82) is 0 Å². The fourth-order valence-corrected chi connectivity index (χ4v) is 2.67. The monoisotopic (exact) mass is 250 g/mol. The van der Waals surface area contributed by atoms with Crippen LogP contribution in [-0.2, 0) is 13.1 Å². The van der Waals surface area contributed by atoms with Gasteiger partial charge < -0.3 is 10.2 Å². The van der Waals surface area contributed by atoms with E-state index in [1.54, 1.807) is 0 Å². The molecule has 0 unspecified atom stereocenters. The Hall–Kier alpha value is -0.870. The Labute approximate surface area is 110 Å². The number of likely N-dealkylation sites (tertiary alicyclic amines) is 1. The Bertz CT molecular complexity index is 339. The van der Waals surface area contributed by atoms with Gasteiger partial charge in [0.25, 0.3) is 0 Å². The highest BCUT2D eigenvalue weighted by atomic mass is 15.3. The molecule has 1 aliphatic heterocycles. The van der Waals surface area contributed by atoms with Crippen LogP contribution >= 0.6 is 0 Å². The molecule has 1 aromatic heterocycles. The van der Waals surface area contributed by atoms with E-state index in [1.807, 2.05) is 6.20 Å². The molecular formula is C14H26N4. The van der Waals surface area contributed by atoms with Gasteiger partial charge in [0, 0.05) is 19.3 Å². The minimum absolute atomic E-state index is 0.921. The first kappa shape index (κ1) is 13.6. The SMILES string of the molecule is CCn1nccc1CNCCC1CCN(C)CC1. The van der Waals surface area contributed by atoms with Crippen LogP contribution in [0.5, 0.6) is 0 Å². The van der Waals surface area contributed by atoms with Crippen molar-refractivity contribution in [2.45, 2.75) is 39.3 Å². The average molecular weight is 250 g/mol. The fraction of sp³-hybridized carbons (Fsp3) is 0.786. The van der Waals surface area contributed by atoms with Crippen LogP contribution in [0.1, 0.15) is 31.9 Å². The van der Waals surface area contributed by atoms with E-state index in [2.05, 4.69) is 40.0 Å². The van der Waals surface area contributed by atoms with Crippen LogP contribution in [0.2, 0.25) is 0 Å². The highest BCUT2D eigenvalue weighted by molar-refractivity contribution is 4.99. The number of aromatic nitrogens is 2. The number of rotatable bonds is 6. The smallest absolute Gasteiger partial charge is 0.0521 e. The van der Waals surface area contributed by atoms with E-state index in [-0.39, 0.29) is 0 Å². The summed E-state index contributed by atoms with van der Waals surface area (Å²) in [6.07, 6.45) is 5.93. The summed E-state index contributed by atoms with van der Waals surface area (Å²) < 4.78 is 2.06. The van der Waals surface area contributed by atoms with Crippen LogP contribution < -0.4 is 5.32 Å². The van der Waals surface area contributed by atoms with Gasteiger partial charge in [-0.1, -0.05) is 0 Å². The second-order valence-corrected chi connectivity index (χ2v) is 5.35. The molecule has 2 rings (SSSR count). The molecule has 0 atom stereocenters. The molecule has 1 N–H and O–H groups in total. The summed E-state index contributed by atoms with van der Waals surface area (Å²) in [5.41, 5.74) is 1.29. The largest absolute Gasteiger partial charge is 0.311 e. The van der Waals surface area contributed by atoms with E-state index in [0.29, 0.717) is 0 Å². The van der Waals surface area contributed by atoms with E-state index in [1.165, 1.54) is 38.0 Å². The summed E-state index contributed by atoms with van der Waals surface area (Å²) in [4.78, 5) is 2.43. The van der Waals surface area contributed by atoms with E-state index in [9.17, 15) is 0 Å². The number of piperidine rings is 1. The molecule has 0 saturated carbocycles. The van der Waals surface area contributed by atoms with Crippen molar-refractivity contribution < 1.29 is 0 Å². The summed E-state index contributed by atoms with van der Waals surface area (Å²) in [5.74, 6) is 0.921. The third-order valence-corrected chi connectivity index (χ3v) is 3.98. The Morgan fingerprint density at radius 1 is 1.39 bits per heavy atom. The number of aryl methyl sites for hydroxylation is 1. The highest BCUT2D eigenvalue weighted by Crippen LogP contribution is 2.18. The molecule has 4 heteroatoms. The summed E-state index contributed by atoms with van der Waals surface area (Å²) in [6.45, 7) is 7.71. The molecular weight excluding hydrogens is 224 g/mol. The third-order valence-electron chi connectivity index (χ3n) is 3.98. The molecule has 0 bridgehead atoms. The van der Waals surface area contributed by atoms with Gasteiger partial charge >= 0.3 is 0 Å². The zero-order valence-electron chi connectivity index (χ0n) is 11.7. The lowest BCUT2D eigenvalue weighted by molar-refractivity contribution is 0.211. The van der Waals surface area contributed by atoms with Gasteiger partial charge in [0.2, 0.25) is 0 Å². The Kier molecular flexibility index (Phi) is 5.20. The number of nitrogens with one attached hydrogen (secondary N) is 1. The van der Waals surface area contributed by atoms with Crippen LogP contribution in [0.4, 0.5) is 0 Å². The maximum absolute atomic E-state index is 4.28. The molecule has 4 nitrogen and oxygen atoms in total. The normalized spacial score (nSPS) is 18.3. The van der Waals surface area contributed by atoms with E-state index in [4.69, 9.17) is 0 Å². The molecule has 0 radical (unpaired) electrons. The van der Waals surface area contributed by atoms with Crippen LogP contribution in [-0.4, -0.2) is 41.4 Å². The van der Waals surface area contributed by atoms with Gasteiger partial charge in [-0.2, -0.15) is 5.10 Å². The number of nitrogens with zero attached hydrogens (tertiary/aromatic N) is 3. The van der Waals surface area contributed by atoms with Gasteiger partial charge in [0.05, 0.1) is 5.69 Å².